The molecule has 4 heteroatoms. The highest BCUT2D eigenvalue weighted by molar-refractivity contribution is 5.91. The van der Waals surface area contributed by atoms with Gasteiger partial charge in [-0.05, 0) is 26.7 Å². The Morgan fingerprint density at radius 2 is 2.00 bits per heavy atom. The zero-order chi connectivity index (χ0) is 14.3. The average molecular weight is 261 g/mol. The van der Waals surface area contributed by atoms with Crippen LogP contribution in [0.15, 0.2) is 29.3 Å². The highest BCUT2D eigenvalue weighted by Crippen LogP contribution is 2.27. The molecule has 1 N–H and O–H groups in total. The van der Waals surface area contributed by atoms with Gasteiger partial charge < -0.3 is 9.69 Å². The first-order valence-electron chi connectivity index (χ1n) is 6.68. The van der Waals surface area contributed by atoms with Crippen LogP contribution in [-0.2, 0) is 4.79 Å². The van der Waals surface area contributed by atoms with Crippen LogP contribution in [0.1, 0.15) is 33.6 Å². The molecule has 0 aromatic carbocycles. The van der Waals surface area contributed by atoms with E-state index in [0.717, 1.165) is 6.29 Å². The first-order chi connectivity index (χ1) is 9.09. The van der Waals surface area contributed by atoms with E-state index in [9.17, 15) is 4.79 Å². The van der Waals surface area contributed by atoms with Crippen LogP contribution in [-0.4, -0.2) is 35.4 Å². The Bertz CT molecular complexity index is 396. The van der Waals surface area contributed by atoms with Crippen LogP contribution >= 0.6 is 0 Å². The van der Waals surface area contributed by atoms with Gasteiger partial charge in [0.05, 0.1) is 0 Å². The number of rotatable bonds is 6. The smallest absolute Gasteiger partial charge is 0.218 e. The second-order valence-corrected chi connectivity index (χ2v) is 4.96. The van der Waals surface area contributed by atoms with E-state index in [1.54, 1.807) is 6.21 Å². The molecule has 0 amide bonds. The number of nitrogens with zero attached hydrogens (tertiary/aromatic N) is 2. The van der Waals surface area contributed by atoms with E-state index in [1.807, 2.05) is 50.0 Å². The maximum absolute atomic E-state index is 11.7. The van der Waals surface area contributed by atoms with Crippen LogP contribution < -0.4 is 0 Å². The van der Waals surface area contributed by atoms with Gasteiger partial charge in [-0.1, -0.05) is 31.2 Å². The van der Waals surface area contributed by atoms with Gasteiger partial charge in [0.25, 0.3) is 0 Å². The van der Waals surface area contributed by atoms with E-state index in [0.29, 0.717) is 19.4 Å². The van der Waals surface area contributed by atoms with Crippen molar-refractivity contribution in [3.8, 4) is 0 Å². The molecule has 0 spiro atoms. The van der Waals surface area contributed by atoms with E-state index in [4.69, 9.17) is 5.41 Å². The summed E-state index contributed by atoms with van der Waals surface area (Å²) in [7, 11) is 0. The monoisotopic (exact) mass is 261 g/mol. The van der Waals surface area contributed by atoms with Gasteiger partial charge in [-0.25, -0.2) is 4.99 Å². The zero-order valence-corrected chi connectivity index (χ0v) is 12.0. The molecule has 0 saturated heterocycles. The second-order valence-electron chi connectivity index (χ2n) is 4.96. The molecule has 0 aromatic rings. The topological polar surface area (TPSA) is 56.5 Å². The Morgan fingerprint density at radius 1 is 1.42 bits per heavy atom. The van der Waals surface area contributed by atoms with Crippen molar-refractivity contribution in [3.63, 3.8) is 0 Å². The summed E-state index contributed by atoms with van der Waals surface area (Å²) in [5.41, 5.74) is -0.692. The summed E-state index contributed by atoms with van der Waals surface area (Å²) in [6.45, 7) is 6.58. The fraction of sp³-hybridized carbons (Fsp3) is 0.533. The van der Waals surface area contributed by atoms with Crippen molar-refractivity contribution in [2.24, 2.45) is 10.9 Å². The molecular weight excluding hydrogens is 238 g/mol. The van der Waals surface area contributed by atoms with Gasteiger partial charge >= 0.3 is 0 Å². The Balaban J connectivity index is 3.09. The van der Waals surface area contributed by atoms with Gasteiger partial charge in [0.1, 0.15) is 11.8 Å². The largest absolute Gasteiger partial charge is 0.328 e. The highest BCUT2D eigenvalue weighted by Gasteiger charge is 2.38. The summed E-state index contributed by atoms with van der Waals surface area (Å²) in [5, 5.41) is 7.99. The van der Waals surface area contributed by atoms with Gasteiger partial charge in [0.15, 0.2) is 0 Å². The lowest BCUT2D eigenvalue weighted by molar-refractivity contribution is -0.116. The van der Waals surface area contributed by atoms with Crippen molar-refractivity contribution >= 4 is 18.5 Å². The predicted octanol–water partition coefficient (Wildman–Crippen LogP) is 2.81. The maximum Gasteiger partial charge on any atom is 0.218 e. The quantitative estimate of drug-likeness (QED) is 0.590. The van der Waals surface area contributed by atoms with E-state index >= 15 is 0 Å². The van der Waals surface area contributed by atoms with E-state index < -0.39 is 5.54 Å². The Morgan fingerprint density at radius 3 is 2.47 bits per heavy atom. The summed E-state index contributed by atoms with van der Waals surface area (Å²) < 4.78 is 0. The normalized spacial score (nSPS) is 20.7. The van der Waals surface area contributed by atoms with Gasteiger partial charge in [0.2, 0.25) is 5.96 Å². The van der Waals surface area contributed by atoms with Crippen molar-refractivity contribution in [1.29, 1.82) is 5.41 Å². The summed E-state index contributed by atoms with van der Waals surface area (Å²) in [6.07, 6.45) is 11.8. The molecule has 19 heavy (non-hydrogen) atoms. The second kappa shape index (κ2) is 7.02. The Kier molecular flexibility index (Phi) is 5.67. The molecular formula is C15H23N3O. The lowest BCUT2D eigenvalue weighted by Crippen LogP contribution is -2.55. The lowest BCUT2D eigenvalue weighted by atomic mass is 9.89. The van der Waals surface area contributed by atoms with Crippen LogP contribution in [0.3, 0.4) is 0 Å². The minimum atomic E-state index is -0.692. The number of aldehydes is 1. The molecule has 0 fully saturated rings. The average Bonchev–Trinajstić information content (AvgIpc) is 2.43. The van der Waals surface area contributed by atoms with Gasteiger partial charge in [-0.2, -0.15) is 0 Å². The first-order valence-corrected chi connectivity index (χ1v) is 6.68. The SMILES string of the molecule is C/C=C/CC(C=O)(C/C=C/C)N1CC(C)C=NC1=N. The van der Waals surface area contributed by atoms with Gasteiger partial charge in [-0.15, -0.1) is 0 Å². The van der Waals surface area contributed by atoms with E-state index in [2.05, 4.69) is 4.99 Å². The van der Waals surface area contributed by atoms with Gasteiger partial charge in [-0.3, -0.25) is 5.41 Å². The zero-order valence-electron chi connectivity index (χ0n) is 12.0. The molecule has 1 atom stereocenters. The van der Waals surface area contributed by atoms with E-state index in [-0.39, 0.29) is 11.9 Å². The van der Waals surface area contributed by atoms with Crippen molar-refractivity contribution in [2.75, 3.05) is 6.54 Å². The first kappa shape index (κ1) is 15.3. The molecule has 104 valence electrons. The summed E-state index contributed by atoms with van der Waals surface area (Å²) in [5.74, 6) is 0.434. The standard InChI is InChI=1S/C15H23N3O/c1-4-6-8-15(12-19,9-7-5-2)18-11-13(3)10-17-14(18)16/h4-7,10,12-13,16H,8-9,11H2,1-3H3/b6-4+,7-5+,16-14?. The third-order valence-corrected chi connectivity index (χ3v) is 3.35. The van der Waals surface area contributed by atoms with Crippen molar-refractivity contribution in [3.05, 3.63) is 24.3 Å². The predicted molar refractivity (Wildman–Crippen MR) is 79.7 cm³/mol. The molecule has 1 unspecified atom stereocenters. The lowest BCUT2D eigenvalue weighted by Gasteiger charge is -2.42. The van der Waals surface area contributed by atoms with Crippen LogP contribution in [0.4, 0.5) is 0 Å². The maximum atomic E-state index is 11.7. The molecule has 1 aliphatic rings. The summed E-state index contributed by atoms with van der Waals surface area (Å²) in [4.78, 5) is 17.7. The molecule has 0 bridgehead atoms. The van der Waals surface area contributed by atoms with Crippen LogP contribution in [0.2, 0.25) is 0 Å². The minimum Gasteiger partial charge on any atom is -0.328 e. The number of aliphatic imine (C=N–C) groups is 1. The van der Waals surface area contributed by atoms with Crippen molar-refractivity contribution < 1.29 is 4.79 Å². The van der Waals surface area contributed by atoms with Crippen LogP contribution in [0, 0.1) is 11.3 Å². The molecule has 1 aliphatic heterocycles. The molecule has 1 heterocycles. The summed E-state index contributed by atoms with van der Waals surface area (Å²) in [6, 6.07) is 0. The van der Waals surface area contributed by atoms with Crippen molar-refractivity contribution in [2.45, 2.75) is 39.2 Å². The number of carbonyl (C=O) groups excluding carboxylic acids is 1. The third kappa shape index (κ3) is 3.63. The molecule has 0 radical (unpaired) electrons. The third-order valence-electron chi connectivity index (χ3n) is 3.35. The molecule has 4 nitrogen and oxygen atoms in total. The number of allylic oxidation sites excluding steroid dienone is 2. The molecule has 1 rings (SSSR count). The van der Waals surface area contributed by atoms with Crippen molar-refractivity contribution in [1.82, 2.24) is 4.90 Å². The van der Waals surface area contributed by atoms with Gasteiger partial charge in [0, 0.05) is 18.7 Å². The van der Waals surface area contributed by atoms with E-state index in [1.165, 1.54) is 0 Å². The minimum absolute atomic E-state index is 0.180. The highest BCUT2D eigenvalue weighted by atomic mass is 16.1. The number of hydrogen-bond acceptors (Lipinski definition) is 2. The number of nitrogens with one attached hydrogen (secondary N) is 1. The number of guanidine groups is 1. The van der Waals surface area contributed by atoms with Crippen LogP contribution in [0.5, 0.6) is 0 Å². The fourth-order valence-corrected chi connectivity index (χ4v) is 2.19. The molecule has 0 aliphatic carbocycles. The molecule has 0 saturated carbocycles. The Labute approximate surface area is 115 Å². The molecule has 0 aromatic heterocycles. The summed E-state index contributed by atoms with van der Waals surface area (Å²) >= 11 is 0. The fourth-order valence-electron chi connectivity index (χ4n) is 2.19. The number of hydrogen-bond donors (Lipinski definition) is 1. The Hall–Kier alpha value is -1.71. The number of carbonyl (C=O) groups is 1. The van der Waals surface area contributed by atoms with Crippen LogP contribution in [0.25, 0.3) is 0 Å².